The van der Waals surface area contributed by atoms with Gasteiger partial charge in [-0.25, -0.2) is 4.79 Å². The minimum absolute atomic E-state index is 0.0518. The molecule has 3 aliphatic rings. The second-order valence-corrected chi connectivity index (χ2v) is 10.8. The molecule has 3 aliphatic heterocycles. The Balaban J connectivity index is 1.04. The molecule has 0 unspecified atom stereocenters. The van der Waals surface area contributed by atoms with Crippen LogP contribution in [0.2, 0.25) is 0 Å². The van der Waals surface area contributed by atoms with Gasteiger partial charge in [0.05, 0.1) is 13.2 Å². The van der Waals surface area contributed by atoms with Gasteiger partial charge in [0.15, 0.2) is 0 Å². The molecule has 2 aromatic rings. The predicted octanol–water partition coefficient (Wildman–Crippen LogP) is 4.14. The normalized spacial score (nSPS) is 22.4. The van der Waals surface area contributed by atoms with E-state index in [0.29, 0.717) is 44.7 Å². The summed E-state index contributed by atoms with van der Waals surface area (Å²) in [6, 6.07) is 18.0. The first kappa shape index (κ1) is 26.5. The molecule has 0 saturated carbocycles. The van der Waals surface area contributed by atoms with Crippen molar-refractivity contribution in [3.63, 3.8) is 0 Å². The van der Waals surface area contributed by atoms with Gasteiger partial charge < -0.3 is 19.9 Å². The van der Waals surface area contributed by atoms with Crippen molar-refractivity contribution in [2.24, 2.45) is 5.92 Å². The Labute approximate surface area is 226 Å². The molecule has 3 amide bonds. The van der Waals surface area contributed by atoms with Crippen LogP contribution in [-0.4, -0.2) is 92.1 Å². The molecule has 1 N–H and O–H groups in total. The van der Waals surface area contributed by atoms with Gasteiger partial charge in [0.1, 0.15) is 5.75 Å². The lowest BCUT2D eigenvalue weighted by molar-refractivity contribution is -0.119. The van der Waals surface area contributed by atoms with E-state index in [4.69, 9.17) is 4.74 Å². The van der Waals surface area contributed by atoms with Crippen molar-refractivity contribution in [3.05, 3.63) is 54.6 Å². The van der Waals surface area contributed by atoms with Crippen molar-refractivity contribution in [3.8, 4) is 5.75 Å². The number of fused-ring (bicyclic) bond motifs is 1. The maximum Gasteiger partial charge on any atom is 0.321 e. The summed E-state index contributed by atoms with van der Waals surface area (Å²) >= 11 is 0. The van der Waals surface area contributed by atoms with Crippen LogP contribution in [0.4, 0.5) is 16.2 Å². The molecule has 0 aromatic heterocycles. The van der Waals surface area contributed by atoms with Crippen molar-refractivity contribution < 1.29 is 14.3 Å². The zero-order valence-corrected chi connectivity index (χ0v) is 22.6. The van der Waals surface area contributed by atoms with Crippen LogP contribution >= 0.6 is 0 Å². The number of nitrogens with zero attached hydrogens (tertiary/aromatic N) is 4. The summed E-state index contributed by atoms with van der Waals surface area (Å²) in [4.78, 5) is 33.8. The van der Waals surface area contributed by atoms with Gasteiger partial charge in [-0.1, -0.05) is 24.6 Å². The zero-order valence-electron chi connectivity index (χ0n) is 22.6. The number of para-hydroxylation sites is 1. The minimum atomic E-state index is -0.106. The molecule has 0 bridgehead atoms. The van der Waals surface area contributed by atoms with Gasteiger partial charge >= 0.3 is 6.03 Å². The van der Waals surface area contributed by atoms with Crippen LogP contribution in [-0.2, 0) is 4.79 Å². The summed E-state index contributed by atoms with van der Waals surface area (Å²) in [5.74, 6) is 1.52. The standard InChI is InChI=1S/C30H41N5O3/c1-32(26-9-3-2-4-10-26)29(36)22-33-18-20-35(21-19-33)30(37)31-25-12-14-27(15-13-25)38-23-24-8-7-17-34-16-6-5-11-28(24)34/h2-4,9-10,12-15,24,28H,5-8,11,16-23H2,1H3,(H,31,37)/t24-,28+/m0/s1. The number of piperidine rings is 2. The van der Waals surface area contributed by atoms with Crippen LogP contribution < -0.4 is 15.0 Å². The van der Waals surface area contributed by atoms with Gasteiger partial charge in [-0.15, -0.1) is 0 Å². The van der Waals surface area contributed by atoms with E-state index in [1.165, 1.54) is 45.2 Å². The SMILES string of the molecule is CN(C(=O)CN1CCN(C(=O)Nc2ccc(OC[C@@H]3CCCN4CCCC[C@H]34)cc2)CC1)c1ccccc1. The summed E-state index contributed by atoms with van der Waals surface area (Å²) in [6.45, 7) is 6.14. The summed E-state index contributed by atoms with van der Waals surface area (Å²) in [5.41, 5.74) is 1.65. The highest BCUT2D eigenvalue weighted by atomic mass is 16.5. The van der Waals surface area contributed by atoms with Crippen molar-refractivity contribution in [2.45, 2.75) is 38.1 Å². The van der Waals surface area contributed by atoms with Crippen LogP contribution in [0.3, 0.4) is 0 Å². The lowest BCUT2D eigenvalue weighted by atomic mass is 9.84. The van der Waals surface area contributed by atoms with Crippen LogP contribution in [0.15, 0.2) is 54.6 Å². The van der Waals surface area contributed by atoms with E-state index in [0.717, 1.165) is 23.7 Å². The molecule has 204 valence electrons. The average Bonchev–Trinajstić information content (AvgIpc) is 2.97. The van der Waals surface area contributed by atoms with E-state index in [1.54, 1.807) is 11.9 Å². The highest BCUT2D eigenvalue weighted by Gasteiger charge is 2.33. The number of hydrogen-bond donors (Lipinski definition) is 1. The van der Waals surface area contributed by atoms with Gasteiger partial charge in [0.2, 0.25) is 5.91 Å². The lowest BCUT2D eigenvalue weighted by Gasteiger charge is -2.44. The Hall–Kier alpha value is -3.10. The summed E-state index contributed by atoms with van der Waals surface area (Å²) in [5, 5.41) is 3.01. The number of likely N-dealkylation sites (N-methyl/N-ethyl adjacent to an activating group) is 1. The molecule has 3 fully saturated rings. The predicted molar refractivity (Wildman–Crippen MR) is 151 cm³/mol. The molecule has 3 heterocycles. The molecule has 2 atom stereocenters. The summed E-state index contributed by atoms with van der Waals surface area (Å²) in [7, 11) is 1.80. The third-order valence-electron chi connectivity index (χ3n) is 8.33. The van der Waals surface area contributed by atoms with E-state index >= 15 is 0 Å². The van der Waals surface area contributed by atoms with Gasteiger partial charge in [0.25, 0.3) is 0 Å². The molecule has 0 radical (unpaired) electrons. The van der Waals surface area contributed by atoms with E-state index in [-0.39, 0.29) is 11.9 Å². The fraction of sp³-hybridized carbons (Fsp3) is 0.533. The molecule has 2 aromatic carbocycles. The molecule has 3 saturated heterocycles. The maximum atomic E-state index is 12.8. The Bertz CT molecular complexity index is 1050. The number of benzene rings is 2. The van der Waals surface area contributed by atoms with Crippen molar-refractivity contribution in [2.75, 3.05) is 69.7 Å². The number of amides is 3. The number of carbonyl (C=O) groups is 2. The summed E-state index contributed by atoms with van der Waals surface area (Å²) < 4.78 is 6.17. The van der Waals surface area contributed by atoms with Crippen molar-refractivity contribution in [1.82, 2.24) is 14.7 Å². The second kappa shape index (κ2) is 12.6. The summed E-state index contributed by atoms with van der Waals surface area (Å²) in [6.07, 6.45) is 6.49. The maximum absolute atomic E-state index is 12.8. The quantitative estimate of drug-likeness (QED) is 0.596. The van der Waals surface area contributed by atoms with Crippen LogP contribution in [0.1, 0.15) is 32.1 Å². The average molecular weight is 520 g/mol. The Morgan fingerprint density at radius 2 is 1.63 bits per heavy atom. The third-order valence-corrected chi connectivity index (χ3v) is 8.33. The zero-order chi connectivity index (χ0) is 26.3. The largest absolute Gasteiger partial charge is 0.493 e. The Morgan fingerprint density at radius 3 is 2.39 bits per heavy atom. The molecule has 5 rings (SSSR count). The Kier molecular flexibility index (Phi) is 8.81. The number of piperazine rings is 1. The van der Waals surface area contributed by atoms with Gasteiger partial charge in [-0.05, 0) is 75.2 Å². The number of carbonyl (C=O) groups excluding carboxylic acids is 2. The molecule has 8 heteroatoms. The number of urea groups is 1. The highest BCUT2D eigenvalue weighted by Crippen LogP contribution is 2.31. The highest BCUT2D eigenvalue weighted by molar-refractivity contribution is 5.94. The first-order chi connectivity index (χ1) is 18.6. The smallest absolute Gasteiger partial charge is 0.321 e. The molecule has 38 heavy (non-hydrogen) atoms. The first-order valence-electron chi connectivity index (χ1n) is 14.1. The fourth-order valence-corrected chi connectivity index (χ4v) is 6.01. The van der Waals surface area contributed by atoms with Crippen LogP contribution in [0, 0.1) is 5.92 Å². The topological polar surface area (TPSA) is 68.4 Å². The van der Waals surface area contributed by atoms with E-state index in [9.17, 15) is 9.59 Å². The molecule has 0 aliphatic carbocycles. The third kappa shape index (κ3) is 6.66. The number of ether oxygens (including phenoxy) is 1. The van der Waals surface area contributed by atoms with E-state index < -0.39 is 0 Å². The van der Waals surface area contributed by atoms with Crippen LogP contribution in [0.5, 0.6) is 5.75 Å². The van der Waals surface area contributed by atoms with E-state index in [2.05, 4.69) is 15.1 Å². The van der Waals surface area contributed by atoms with Gasteiger partial charge in [-0.3, -0.25) is 14.6 Å². The second-order valence-electron chi connectivity index (χ2n) is 10.8. The molecular weight excluding hydrogens is 478 g/mol. The number of nitrogens with one attached hydrogen (secondary N) is 1. The molecule has 8 nitrogen and oxygen atoms in total. The molecular formula is C30H41N5O3. The van der Waals surface area contributed by atoms with Gasteiger partial charge in [0, 0.05) is 56.6 Å². The fourth-order valence-electron chi connectivity index (χ4n) is 6.01. The van der Waals surface area contributed by atoms with Crippen molar-refractivity contribution in [1.29, 1.82) is 0 Å². The molecule has 0 spiro atoms. The van der Waals surface area contributed by atoms with Crippen LogP contribution in [0.25, 0.3) is 0 Å². The monoisotopic (exact) mass is 519 g/mol. The Morgan fingerprint density at radius 1 is 0.895 bits per heavy atom. The number of anilines is 2. The number of hydrogen-bond acceptors (Lipinski definition) is 5. The first-order valence-corrected chi connectivity index (χ1v) is 14.1. The lowest BCUT2D eigenvalue weighted by Crippen LogP contribution is -2.52. The minimum Gasteiger partial charge on any atom is -0.493 e. The van der Waals surface area contributed by atoms with Crippen molar-refractivity contribution >= 4 is 23.3 Å². The number of rotatable bonds is 7. The van der Waals surface area contributed by atoms with Gasteiger partial charge in [-0.2, -0.15) is 0 Å². The van der Waals surface area contributed by atoms with E-state index in [1.807, 2.05) is 59.5 Å².